The molecule has 2 atom stereocenters. The molecule has 3 amide bonds. The van der Waals surface area contributed by atoms with Crippen molar-refractivity contribution >= 4 is 17.7 Å². The lowest BCUT2D eigenvalue weighted by Crippen LogP contribution is -2.48. The van der Waals surface area contributed by atoms with Crippen LogP contribution in [0.25, 0.3) is 0 Å². The summed E-state index contributed by atoms with van der Waals surface area (Å²) in [7, 11) is 0. The third-order valence-corrected chi connectivity index (χ3v) is 4.96. The number of nitrogens with zero attached hydrogens (tertiary/aromatic N) is 1. The number of imide groups is 1. The molecule has 5 heteroatoms. The summed E-state index contributed by atoms with van der Waals surface area (Å²) in [5.74, 6) is -1.15. The quantitative estimate of drug-likeness (QED) is 0.762. The molecule has 0 fully saturated rings. The second-order valence-electron chi connectivity index (χ2n) is 6.82. The van der Waals surface area contributed by atoms with Crippen LogP contribution in [0.15, 0.2) is 54.6 Å². The van der Waals surface area contributed by atoms with Crippen LogP contribution in [0.3, 0.4) is 0 Å². The fourth-order valence-electron chi connectivity index (χ4n) is 3.38. The number of nitrogens with one attached hydrogen (secondary N) is 1. The van der Waals surface area contributed by atoms with Gasteiger partial charge in [-0.2, -0.15) is 0 Å². The van der Waals surface area contributed by atoms with Crippen molar-refractivity contribution in [2.45, 2.75) is 45.2 Å². The first-order valence-corrected chi connectivity index (χ1v) is 9.36. The van der Waals surface area contributed by atoms with Crippen molar-refractivity contribution < 1.29 is 14.4 Å². The number of fused-ring (bicyclic) bond motifs is 1. The molecule has 2 aromatic carbocycles. The second kappa shape index (κ2) is 8.16. The van der Waals surface area contributed by atoms with Gasteiger partial charge in [-0.1, -0.05) is 62.2 Å². The molecule has 1 aliphatic heterocycles. The van der Waals surface area contributed by atoms with Crippen molar-refractivity contribution in [3.8, 4) is 0 Å². The Labute approximate surface area is 159 Å². The highest BCUT2D eigenvalue weighted by atomic mass is 16.2. The Balaban J connectivity index is 1.76. The summed E-state index contributed by atoms with van der Waals surface area (Å²) >= 11 is 0. The largest absolute Gasteiger partial charge is 0.348 e. The summed E-state index contributed by atoms with van der Waals surface area (Å²) < 4.78 is 0. The number of rotatable bonds is 7. The molecule has 1 N–H and O–H groups in total. The first kappa shape index (κ1) is 18.8. The van der Waals surface area contributed by atoms with Crippen LogP contribution in [0, 0.1) is 0 Å². The minimum absolute atomic E-state index is 0.142. The fraction of sp³-hybridized carbons (Fsp3) is 0.318. The van der Waals surface area contributed by atoms with E-state index in [-0.39, 0.29) is 11.9 Å². The van der Waals surface area contributed by atoms with Gasteiger partial charge in [-0.05, 0) is 31.0 Å². The van der Waals surface area contributed by atoms with E-state index in [1.54, 1.807) is 31.2 Å². The Kier molecular flexibility index (Phi) is 5.69. The van der Waals surface area contributed by atoms with E-state index in [9.17, 15) is 14.4 Å². The van der Waals surface area contributed by atoms with Gasteiger partial charge in [0.2, 0.25) is 5.91 Å². The van der Waals surface area contributed by atoms with Gasteiger partial charge in [0.15, 0.2) is 0 Å². The highest BCUT2D eigenvalue weighted by Gasteiger charge is 2.40. The Morgan fingerprint density at radius 1 is 0.963 bits per heavy atom. The van der Waals surface area contributed by atoms with Crippen LogP contribution >= 0.6 is 0 Å². The molecule has 1 aliphatic rings. The third kappa shape index (κ3) is 3.77. The molecule has 0 aliphatic carbocycles. The van der Waals surface area contributed by atoms with E-state index >= 15 is 0 Å². The SMILES string of the molecule is CCCC[C@H](NC(=O)[C@@H](C)N1C(=O)c2ccccc2C1=O)c1ccccc1. The van der Waals surface area contributed by atoms with Gasteiger partial charge < -0.3 is 5.32 Å². The molecule has 27 heavy (non-hydrogen) atoms. The number of amides is 3. The predicted octanol–water partition coefficient (Wildman–Crippen LogP) is 3.72. The average molecular weight is 364 g/mol. The number of unbranched alkanes of at least 4 members (excludes halogenated alkanes) is 1. The van der Waals surface area contributed by atoms with Crippen molar-refractivity contribution in [2.75, 3.05) is 0 Å². The molecule has 5 nitrogen and oxygen atoms in total. The van der Waals surface area contributed by atoms with Gasteiger partial charge in [-0.25, -0.2) is 0 Å². The second-order valence-corrected chi connectivity index (χ2v) is 6.82. The Bertz CT molecular complexity index is 813. The van der Waals surface area contributed by atoms with E-state index < -0.39 is 17.9 Å². The summed E-state index contributed by atoms with van der Waals surface area (Å²) in [4.78, 5) is 39.1. The van der Waals surface area contributed by atoms with Gasteiger partial charge in [0.25, 0.3) is 11.8 Å². The third-order valence-electron chi connectivity index (χ3n) is 4.96. The van der Waals surface area contributed by atoms with Crippen LogP contribution < -0.4 is 5.32 Å². The predicted molar refractivity (Wildman–Crippen MR) is 103 cm³/mol. The zero-order valence-electron chi connectivity index (χ0n) is 15.6. The van der Waals surface area contributed by atoms with Crippen molar-refractivity contribution in [3.05, 3.63) is 71.3 Å². The van der Waals surface area contributed by atoms with Crippen LogP contribution in [0.1, 0.15) is 65.4 Å². The molecule has 0 bridgehead atoms. The summed E-state index contributed by atoms with van der Waals surface area (Å²) in [6, 6.07) is 15.4. The van der Waals surface area contributed by atoms with Gasteiger partial charge in [0.05, 0.1) is 17.2 Å². The maximum absolute atomic E-state index is 12.9. The topological polar surface area (TPSA) is 66.5 Å². The molecule has 140 valence electrons. The lowest BCUT2D eigenvalue weighted by molar-refractivity contribution is -0.125. The van der Waals surface area contributed by atoms with Crippen LogP contribution in [-0.2, 0) is 4.79 Å². The van der Waals surface area contributed by atoms with Crippen molar-refractivity contribution in [2.24, 2.45) is 0 Å². The van der Waals surface area contributed by atoms with Gasteiger partial charge >= 0.3 is 0 Å². The van der Waals surface area contributed by atoms with E-state index in [4.69, 9.17) is 0 Å². The highest BCUT2D eigenvalue weighted by Crippen LogP contribution is 2.25. The molecule has 0 radical (unpaired) electrons. The van der Waals surface area contributed by atoms with E-state index in [1.807, 2.05) is 30.3 Å². The van der Waals surface area contributed by atoms with Gasteiger partial charge in [-0.3, -0.25) is 19.3 Å². The van der Waals surface area contributed by atoms with Crippen LogP contribution in [0.5, 0.6) is 0 Å². The monoisotopic (exact) mass is 364 g/mol. The molecule has 0 spiro atoms. The first-order chi connectivity index (χ1) is 13.0. The first-order valence-electron chi connectivity index (χ1n) is 9.36. The normalized spacial score (nSPS) is 15.4. The highest BCUT2D eigenvalue weighted by molar-refractivity contribution is 6.22. The van der Waals surface area contributed by atoms with Crippen molar-refractivity contribution in [1.29, 1.82) is 0 Å². The molecular formula is C22H24N2O3. The number of benzene rings is 2. The van der Waals surface area contributed by atoms with E-state index in [0.29, 0.717) is 11.1 Å². The maximum Gasteiger partial charge on any atom is 0.262 e. The van der Waals surface area contributed by atoms with E-state index in [1.165, 1.54) is 0 Å². The minimum atomic E-state index is -0.870. The van der Waals surface area contributed by atoms with Crippen LogP contribution in [0.4, 0.5) is 0 Å². The lowest BCUT2D eigenvalue weighted by Gasteiger charge is -2.25. The Morgan fingerprint density at radius 2 is 1.52 bits per heavy atom. The summed E-state index contributed by atoms with van der Waals surface area (Å²) in [5.41, 5.74) is 1.73. The zero-order valence-corrected chi connectivity index (χ0v) is 15.6. The standard InChI is InChI=1S/C22H24N2O3/c1-3-4-14-19(16-10-6-5-7-11-16)23-20(25)15(2)24-21(26)17-12-8-9-13-18(17)22(24)27/h5-13,15,19H,3-4,14H2,1-2H3,(H,23,25)/t15-,19+/m1/s1. The number of carbonyl (C=O) groups is 3. The Hall–Kier alpha value is -2.95. The molecular weight excluding hydrogens is 340 g/mol. The molecule has 3 rings (SSSR count). The molecule has 0 aromatic heterocycles. The van der Waals surface area contributed by atoms with Crippen LogP contribution in [-0.4, -0.2) is 28.7 Å². The smallest absolute Gasteiger partial charge is 0.262 e. The van der Waals surface area contributed by atoms with Gasteiger partial charge in [0, 0.05) is 0 Å². The minimum Gasteiger partial charge on any atom is -0.348 e. The van der Waals surface area contributed by atoms with Gasteiger partial charge in [-0.15, -0.1) is 0 Å². The van der Waals surface area contributed by atoms with E-state index in [2.05, 4.69) is 12.2 Å². The van der Waals surface area contributed by atoms with E-state index in [0.717, 1.165) is 29.7 Å². The molecule has 0 saturated heterocycles. The fourth-order valence-corrected chi connectivity index (χ4v) is 3.38. The number of carbonyl (C=O) groups excluding carboxylic acids is 3. The summed E-state index contributed by atoms with van der Waals surface area (Å²) in [5, 5.41) is 3.03. The van der Waals surface area contributed by atoms with Crippen LogP contribution in [0.2, 0.25) is 0 Å². The summed E-state index contributed by atoms with van der Waals surface area (Å²) in [6.07, 6.45) is 2.80. The average Bonchev–Trinajstić information content (AvgIpc) is 2.96. The number of hydrogen-bond acceptors (Lipinski definition) is 3. The molecule has 0 saturated carbocycles. The molecule has 1 heterocycles. The number of hydrogen-bond donors (Lipinski definition) is 1. The van der Waals surface area contributed by atoms with Crippen molar-refractivity contribution in [1.82, 2.24) is 10.2 Å². The van der Waals surface area contributed by atoms with Crippen molar-refractivity contribution in [3.63, 3.8) is 0 Å². The maximum atomic E-state index is 12.9. The Morgan fingerprint density at radius 3 is 2.07 bits per heavy atom. The lowest BCUT2D eigenvalue weighted by atomic mass is 10.0. The summed E-state index contributed by atoms with van der Waals surface area (Å²) in [6.45, 7) is 3.70. The zero-order chi connectivity index (χ0) is 19.4. The molecule has 0 unspecified atom stereocenters. The van der Waals surface area contributed by atoms with Gasteiger partial charge in [0.1, 0.15) is 6.04 Å². The molecule has 2 aromatic rings.